The molecule has 3 aromatic carbocycles. The van der Waals surface area contributed by atoms with E-state index in [1.54, 1.807) is 30.3 Å². The van der Waals surface area contributed by atoms with Crippen LogP contribution in [0.15, 0.2) is 91.0 Å². The van der Waals surface area contributed by atoms with Crippen molar-refractivity contribution >= 4 is 23.5 Å². The summed E-state index contributed by atoms with van der Waals surface area (Å²) in [4.78, 5) is 25.0. The summed E-state index contributed by atoms with van der Waals surface area (Å²) in [6.07, 6.45) is -3.63. The first-order chi connectivity index (χ1) is 18.0. The highest BCUT2D eigenvalue weighted by atomic mass is 35.5. The number of carbonyl (C=O) groups is 2. The molecule has 1 fully saturated rings. The zero-order valence-electron chi connectivity index (χ0n) is 20.4. The molecule has 0 bridgehead atoms. The monoisotopic (exact) mass is 524 g/mol. The van der Waals surface area contributed by atoms with E-state index in [1.807, 2.05) is 60.7 Å². The van der Waals surface area contributed by atoms with Crippen LogP contribution < -0.4 is 0 Å². The largest absolute Gasteiger partial charge is 0.457 e. The van der Waals surface area contributed by atoms with Gasteiger partial charge in [0.25, 0.3) is 0 Å². The minimum atomic E-state index is -1.06. The van der Waals surface area contributed by atoms with Crippen molar-refractivity contribution in [1.82, 2.24) is 0 Å². The number of carbonyl (C=O) groups excluding carboxylic acids is 2. The number of hydrogen-bond acceptors (Lipinski definition) is 7. The second-order valence-corrected chi connectivity index (χ2v) is 9.03. The van der Waals surface area contributed by atoms with Gasteiger partial charge in [0.05, 0.1) is 25.4 Å². The molecule has 3 aromatic rings. The van der Waals surface area contributed by atoms with E-state index >= 15 is 0 Å². The fraction of sp³-hybridized carbons (Fsp3) is 0.310. The molecule has 8 heteroatoms. The van der Waals surface area contributed by atoms with Crippen molar-refractivity contribution in [2.75, 3.05) is 6.61 Å². The lowest BCUT2D eigenvalue weighted by Gasteiger charge is -2.43. The van der Waals surface area contributed by atoms with Gasteiger partial charge in [-0.1, -0.05) is 90.5 Å². The topological polar surface area (TPSA) is 80.3 Å². The molecule has 0 N–H and O–H groups in total. The molecule has 0 aromatic heterocycles. The number of benzene rings is 3. The van der Waals surface area contributed by atoms with Gasteiger partial charge in [0.2, 0.25) is 0 Å². The van der Waals surface area contributed by atoms with Crippen LogP contribution in [0.1, 0.15) is 28.4 Å². The van der Waals surface area contributed by atoms with Gasteiger partial charge in [0.15, 0.2) is 17.8 Å². The normalized spacial score (nSPS) is 23.2. The number of alkyl halides is 1. The Hall–Kier alpha value is -3.23. The zero-order chi connectivity index (χ0) is 26.0. The van der Waals surface area contributed by atoms with Crippen LogP contribution >= 0.6 is 11.6 Å². The minimum absolute atomic E-state index is 0.0839. The highest BCUT2D eigenvalue weighted by Gasteiger charge is 2.50. The van der Waals surface area contributed by atoms with Gasteiger partial charge in [-0.05, 0) is 23.3 Å². The summed E-state index contributed by atoms with van der Waals surface area (Å²) < 4.78 is 29.5. The first kappa shape index (κ1) is 26.8. The Bertz CT molecular complexity index is 1130. The van der Waals surface area contributed by atoms with Crippen molar-refractivity contribution in [3.8, 4) is 0 Å². The average molecular weight is 525 g/mol. The molecule has 1 heterocycles. The Morgan fingerprint density at radius 3 is 1.92 bits per heavy atom. The van der Waals surface area contributed by atoms with Crippen LogP contribution in [-0.4, -0.2) is 48.5 Å². The Balaban J connectivity index is 1.54. The van der Waals surface area contributed by atoms with E-state index in [1.165, 1.54) is 6.92 Å². The molecule has 0 amide bonds. The molecular weight excluding hydrogens is 496 g/mol. The molecule has 37 heavy (non-hydrogen) atoms. The molecule has 194 valence electrons. The molecule has 1 aliphatic heterocycles. The number of hydrogen-bond donors (Lipinski definition) is 0. The quantitative estimate of drug-likeness (QED) is 0.275. The van der Waals surface area contributed by atoms with Crippen molar-refractivity contribution in [1.29, 1.82) is 0 Å². The first-order valence-electron chi connectivity index (χ1n) is 12.0. The molecule has 0 saturated carbocycles. The summed E-state index contributed by atoms with van der Waals surface area (Å²) in [6.45, 7) is 1.90. The predicted octanol–water partition coefficient (Wildman–Crippen LogP) is 4.91. The smallest absolute Gasteiger partial charge is 0.338 e. The highest BCUT2D eigenvalue weighted by molar-refractivity contribution is 6.20. The molecule has 7 nitrogen and oxygen atoms in total. The van der Waals surface area contributed by atoms with Gasteiger partial charge in [-0.2, -0.15) is 0 Å². The van der Waals surface area contributed by atoms with E-state index in [4.69, 9.17) is 35.3 Å². The van der Waals surface area contributed by atoms with E-state index in [0.717, 1.165) is 11.1 Å². The third-order valence-electron chi connectivity index (χ3n) is 5.81. The minimum Gasteiger partial charge on any atom is -0.457 e. The van der Waals surface area contributed by atoms with Crippen LogP contribution in [0.3, 0.4) is 0 Å². The molecular formula is C29H29ClO7. The van der Waals surface area contributed by atoms with Crippen LogP contribution in [-0.2, 0) is 41.7 Å². The van der Waals surface area contributed by atoms with E-state index in [9.17, 15) is 9.59 Å². The summed E-state index contributed by atoms with van der Waals surface area (Å²) >= 11 is 6.61. The van der Waals surface area contributed by atoms with Gasteiger partial charge in [-0.3, -0.25) is 4.79 Å². The third kappa shape index (κ3) is 7.63. The second-order valence-electron chi connectivity index (χ2n) is 8.60. The molecule has 0 unspecified atom stereocenters. The van der Waals surface area contributed by atoms with Crippen molar-refractivity contribution in [3.05, 3.63) is 108 Å². The molecule has 0 spiro atoms. The molecule has 1 aliphatic rings. The van der Waals surface area contributed by atoms with E-state index < -0.39 is 41.9 Å². The molecule has 4 rings (SSSR count). The fourth-order valence-electron chi connectivity index (χ4n) is 4.05. The van der Waals surface area contributed by atoms with Crippen molar-refractivity contribution in [2.45, 2.75) is 50.1 Å². The van der Waals surface area contributed by atoms with Gasteiger partial charge in [-0.25, -0.2) is 4.79 Å². The maximum absolute atomic E-state index is 12.9. The summed E-state index contributed by atoms with van der Waals surface area (Å²) in [5.41, 5.74) is 1.17. The van der Waals surface area contributed by atoms with Gasteiger partial charge in [0.1, 0.15) is 12.2 Å². The van der Waals surface area contributed by atoms with Crippen LogP contribution in [0.2, 0.25) is 0 Å². The van der Waals surface area contributed by atoms with Crippen molar-refractivity contribution in [2.24, 2.45) is 0 Å². The lowest BCUT2D eigenvalue weighted by Crippen LogP contribution is -2.60. The van der Waals surface area contributed by atoms with Crippen LogP contribution in [0.25, 0.3) is 0 Å². The van der Waals surface area contributed by atoms with E-state index in [2.05, 4.69) is 0 Å². The fourth-order valence-corrected chi connectivity index (χ4v) is 4.38. The van der Waals surface area contributed by atoms with Crippen molar-refractivity contribution < 1.29 is 33.3 Å². The number of halogens is 1. The van der Waals surface area contributed by atoms with Crippen LogP contribution in [0, 0.1) is 0 Å². The molecule has 1 saturated heterocycles. The number of rotatable bonds is 10. The molecule has 0 aliphatic carbocycles. The first-order valence-corrected chi connectivity index (χ1v) is 12.4. The summed E-state index contributed by atoms with van der Waals surface area (Å²) in [7, 11) is 0. The Morgan fingerprint density at radius 1 is 0.757 bits per heavy atom. The maximum atomic E-state index is 12.9. The molecule has 0 radical (unpaired) electrons. The Kier molecular flexibility index (Phi) is 9.68. The summed E-state index contributed by atoms with van der Waals surface area (Å²) in [5.74, 6) is -1.12. The maximum Gasteiger partial charge on any atom is 0.338 e. The Morgan fingerprint density at radius 2 is 1.32 bits per heavy atom. The van der Waals surface area contributed by atoms with E-state index in [-0.39, 0.29) is 13.2 Å². The summed E-state index contributed by atoms with van der Waals surface area (Å²) in [5, 5.41) is 0. The lowest BCUT2D eigenvalue weighted by atomic mass is 9.99. The number of esters is 2. The summed E-state index contributed by atoms with van der Waals surface area (Å²) in [6, 6.07) is 27.7. The predicted molar refractivity (Wildman–Crippen MR) is 137 cm³/mol. The standard InChI is InChI=1S/C29H29ClO7/c1-20(31)35-25-24(19-33-17-21-11-5-2-6-12-21)36-28(30)27(37-29(32)23-15-9-4-10-16-23)26(25)34-18-22-13-7-3-8-14-22/h2-16,24-28H,17-19H2,1H3/t24-,25+,26+,27-,28+/m1/s1. The lowest BCUT2D eigenvalue weighted by molar-refractivity contribution is -0.238. The highest BCUT2D eigenvalue weighted by Crippen LogP contribution is 2.32. The Labute approximate surface area is 221 Å². The van der Waals surface area contributed by atoms with Crippen LogP contribution in [0.5, 0.6) is 0 Å². The van der Waals surface area contributed by atoms with Gasteiger partial charge < -0.3 is 23.7 Å². The number of ether oxygens (including phenoxy) is 5. The third-order valence-corrected chi connectivity index (χ3v) is 6.16. The van der Waals surface area contributed by atoms with Gasteiger partial charge in [0, 0.05) is 6.92 Å². The van der Waals surface area contributed by atoms with Crippen LogP contribution in [0.4, 0.5) is 0 Å². The van der Waals surface area contributed by atoms with E-state index in [0.29, 0.717) is 12.2 Å². The average Bonchev–Trinajstić information content (AvgIpc) is 2.92. The SMILES string of the molecule is CC(=O)O[C@@H]1[C@H](OCc2ccccc2)[C@@H](OC(=O)c2ccccc2)[C@@H](Cl)O[C@@H]1COCc1ccccc1. The zero-order valence-corrected chi connectivity index (χ0v) is 21.2. The van der Waals surface area contributed by atoms with Gasteiger partial charge in [-0.15, -0.1) is 0 Å². The second kappa shape index (κ2) is 13.4. The van der Waals surface area contributed by atoms with Gasteiger partial charge >= 0.3 is 11.9 Å². The molecule has 5 atom stereocenters. The van der Waals surface area contributed by atoms with Crippen molar-refractivity contribution in [3.63, 3.8) is 0 Å².